The average Bonchev–Trinajstić information content (AvgIpc) is 3.00. The van der Waals surface area contributed by atoms with E-state index in [-0.39, 0.29) is 5.91 Å². The first-order chi connectivity index (χ1) is 10.6. The number of para-hydroxylation sites is 1. The van der Waals surface area contributed by atoms with Gasteiger partial charge in [-0.25, -0.2) is 0 Å². The number of hydrogen-bond acceptors (Lipinski definition) is 2. The van der Waals surface area contributed by atoms with Crippen molar-refractivity contribution in [3.63, 3.8) is 0 Å². The quantitative estimate of drug-likeness (QED) is 0.635. The zero-order chi connectivity index (χ0) is 15.5. The number of anilines is 1. The van der Waals surface area contributed by atoms with Gasteiger partial charge in [-0.1, -0.05) is 40.2 Å². The highest BCUT2D eigenvalue weighted by atomic mass is 79.9. The molecule has 0 saturated heterocycles. The van der Waals surface area contributed by atoms with E-state index in [9.17, 15) is 4.79 Å². The summed E-state index contributed by atoms with van der Waals surface area (Å²) in [5.74, 6) is -0.234. The molecule has 0 bridgehead atoms. The van der Waals surface area contributed by atoms with Crippen LogP contribution in [0.5, 0.6) is 0 Å². The van der Waals surface area contributed by atoms with Gasteiger partial charge in [-0.15, -0.1) is 0 Å². The van der Waals surface area contributed by atoms with Crippen molar-refractivity contribution in [3.8, 4) is 11.3 Å². The molecule has 0 saturated carbocycles. The van der Waals surface area contributed by atoms with Crippen molar-refractivity contribution < 1.29 is 4.79 Å². The molecule has 1 aromatic heterocycles. The molecule has 1 amide bonds. The monoisotopic (exact) mass is 419 g/mol. The molecule has 3 rings (SSSR count). The molecule has 6 heteroatoms. The Bertz CT molecular complexity index is 812. The van der Waals surface area contributed by atoms with Gasteiger partial charge in [0.1, 0.15) is 5.69 Å². The van der Waals surface area contributed by atoms with E-state index in [0.717, 1.165) is 20.2 Å². The van der Waals surface area contributed by atoms with Crippen molar-refractivity contribution in [3.05, 3.63) is 69.2 Å². The Morgan fingerprint density at radius 1 is 1.05 bits per heavy atom. The maximum atomic E-state index is 12.3. The van der Waals surface area contributed by atoms with E-state index in [4.69, 9.17) is 0 Å². The second kappa shape index (κ2) is 6.46. The topological polar surface area (TPSA) is 57.8 Å². The van der Waals surface area contributed by atoms with Gasteiger partial charge in [0.2, 0.25) is 0 Å². The van der Waals surface area contributed by atoms with Crippen LogP contribution < -0.4 is 5.32 Å². The molecule has 0 aliphatic rings. The number of nitrogens with zero attached hydrogens (tertiary/aromatic N) is 1. The largest absolute Gasteiger partial charge is 0.320 e. The lowest BCUT2D eigenvalue weighted by molar-refractivity contribution is 0.102. The van der Waals surface area contributed by atoms with Crippen LogP contribution in [0.15, 0.2) is 63.5 Å². The summed E-state index contributed by atoms with van der Waals surface area (Å²) in [6.07, 6.45) is 0. The van der Waals surface area contributed by atoms with E-state index < -0.39 is 0 Å². The molecule has 4 nitrogen and oxygen atoms in total. The van der Waals surface area contributed by atoms with Gasteiger partial charge in [0, 0.05) is 14.5 Å². The molecule has 0 fully saturated rings. The van der Waals surface area contributed by atoms with E-state index in [0.29, 0.717) is 11.4 Å². The van der Waals surface area contributed by atoms with Gasteiger partial charge in [-0.3, -0.25) is 9.89 Å². The van der Waals surface area contributed by atoms with E-state index in [2.05, 4.69) is 47.4 Å². The fraction of sp³-hybridized carbons (Fsp3) is 0. The van der Waals surface area contributed by atoms with Gasteiger partial charge < -0.3 is 5.32 Å². The van der Waals surface area contributed by atoms with Crippen molar-refractivity contribution in [2.45, 2.75) is 0 Å². The minimum atomic E-state index is -0.234. The summed E-state index contributed by atoms with van der Waals surface area (Å²) in [5, 5.41) is 9.79. The summed E-state index contributed by atoms with van der Waals surface area (Å²) < 4.78 is 1.83. The Morgan fingerprint density at radius 2 is 1.77 bits per heavy atom. The molecular weight excluding hydrogens is 410 g/mol. The number of aromatic nitrogens is 2. The molecule has 22 heavy (non-hydrogen) atoms. The average molecular weight is 421 g/mol. The van der Waals surface area contributed by atoms with E-state index in [1.54, 1.807) is 6.07 Å². The van der Waals surface area contributed by atoms with Crippen LogP contribution in [0.25, 0.3) is 11.3 Å². The Balaban J connectivity index is 1.80. The van der Waals surface area contributed by atoms with Gasteiger partial charge >= 0.3 is 0 Å². The molecule has 0 unspecified atom stereocenters. The van der Waals surface area contributed by atoms with Gasteiger partial charge in [-0.2, -0.15) is 5.10 Å². The molecule has 110 valence electrons. The van der Waals surface area contributed by atoms with Gasteiger partial charge in [0.05, 0.1) is 11.4 Å². The predicted octanol–water partition coefficient (Wildman–Crippen LogP) is 4.85. The molecule has 0 spiro atoms. The Labute approximate surface area is 144 Å². The first-order valence-corrected chi connectivity index (χ1v) is 8.09. The van der Waals surface area contributed by atoms with Crippen LogP contribution in [0.2, 0.25) is 0 Å². The summed E-state index contributed by atoms with van der Waals surface area (Å²) in [6.45, 7) is 0. The number of aromatic amines is 1. The highest BCUT2D eigenvalue weighted by Gasteiger charge is 2.12. The second-order valence-corrected chi connectivity index (χ2v) is 6.38. The van der Waals surface area contributed by atoms with Crippen LogP contribution in [0.3, 0.4) is 0 Å². The van der Waals surface area contributed by atoms with Crippen LogP contribution >= 0.6 is 31.9 Å². The number of halogens is 2. The number of carbonyl (C=O) groups is 1. The van der Waals surface area contributed by atoms with Crippen LogP contribution in [0.1, 0.15) is 10.5 Å². The third kappa shape index (κ3) is 3.28. The Kier molecular flexibility index (Phi) is 4.40. The summed E-state index contributed by atoms with van der Waals surface area (Å²) in [4.78, 5) is 12.3. The lowest BCUT2D eigenvalue weighted by Gasteiger charge is -2.05. The molecule has 0 aliphatic heterocycles. The number of hydrogen-bond donors (Lipinski definition) is 2. The fourth-order valence-electron chi connectivity index (χ4n) is 1.96. The van der Waals surface area contributed by atoms with Crippen LogP contribution in [0, 0.1) is 0 Å². The molecular formula is C16H11Br2N3O. The molecule has 0 aliphatic carbocycles. The smallest absolute Gasteiger partial charge is 0.273 e. The van der Waals surface area contributed by atoms with Crippen molar-refractivity contribution >= 4 is 43.5 Å². The first-order valence-electron chi connectivity index (χ1n) is 6.51. The van der Waals surface area contributed by atoms with Crippen LogP contribution in [0.4, 0.5) is 5.69 Å². The van der Waals surface area contributed by atoms with Crippen molar-refractivity contribution in [2.75, 3.05) is 5.32 Å². The molecule has 2 aromatic carbocycles. The maximum Gasteiger partial charge on any atom is 0.273 e. The maximum absolute atomic E-state index is 12.3. The molecule has 0 radical (unpaired) electrons. The fourth-order valence-corrected chi connectivity index (χ4v) is 2.61. The van der Waals surface area contributed by atoms with E-state index in [1.165, 1.54) is 0 Å². The van der Waals surface area contributed by atoms with Crippen molar-refractivity contribution in [1.82, 2.24) is 10.2 Å². The molecule has 1 heterocycles. The second-order valence-electron chi connectivity index (χ2n) is 4.61. The third-order valence-corrected chi connectivity index (χ3v) is 4.30. The Hall–Kier alpha value is -1.92. The number of H-pyrrole nitrogens is 1. The number of rotatable bonds is 3. The highest BCUT2D eigenvalue weighted by molar-refractivity contribution is 9.10. The summed E-state index contributed by atoms with van der Waals surface area (Å²) in [5.41, 5.74) is 2.80. The van der Waals surface area contributed by atoms with Gasteiger partial charge in [0.25, 0.3) is 5.91 Å². The lowest BCUT2D eigenvalue weighted by atomic mass is 10.1. The van der Waals surface area contributed by atoms with Crippen LogP contribution in [-0.2, 0) is 0 Å². The zero-order valence-corrected chi connectivity index (χ0v) is 14.5. The van der Waals surface area contributed by atoms with Gasteiger partial charge in [0.15, 0.2) is 0 Å². The first kappa shape index (κ1) is 15.0. The zero-order valence-electron chi connectivity index (χ0n) is 11.3. The van der Waals surface area contributed by atoms with E-state index >= 15 is 0 Å². The molecule has 2 N–H and O–H groups in total. The lowest BCUT2D eigenvalue weighted by Crippen LogP contribution is -2.12. The summed E-state index contributed by atoms with van der Waals surface area (Å²) in [6, 6.07) is 16.9. The van der Waals surface area contributed by atoms with E-state index in [1.807, 2.05) is 48.5 Å². The van der Waals surface area contributed by atoms with Crippen molar-refractivity contribution in [1.29, 1.82) is 0 Å². The minimum absolute atomic E-state index is 0.234. The normalized spacial score (nSPS) is 10.5. The van der Waals surface area contributed by atoms with Crippen LogP contribution in [-0.4, -0.2) is 16.1 Å². The third-order valence-electron chi connectivity index (χ3n) is 3.08. The number of nitrogens with one attached hydrogen (secondary N) is 2. The molecule has 3 aromatic rings. The summed E-state index contributed by atoms with van der Waals surface area (Å²) in [7, 11) is 0. The number of benzene rings is 2. The predicted molar refractivity (Wildman–Crippen MR) is 93.8 cm³/mol. The number of carbonyl (C=O) groups excluding carboxylic acids is 1. The standard InChI is InChI=1S/C16H11Br2N3O/c17-11-7-5-10(6-8-11)14-9-15(21-20-14)16(22)19-13-4-2-1-3-12(13)18/h1-9H,(H,19,22)(H,20,21). The molecule has 0 atom stereocenters. The highest BCUT2D eigenvalue weighted by Crippen LogP contribution is 2.23. The summed E-state index contributed by atoms with van der Waals surface area (Å²) >= 11 is 6.79. The van der Waals surface area contributed by atoms with Crippen molar-refractivity contribution in [2.24, 2.45) is 0 Å². The minimum Gasteiger partial charge on any atom is -0.320 e. The van der Waals surface area contributed by atoms with Gasteiger partial charge in [-0.05, 0) is 46.3 Å². The number of amides is 1. The SMILES string of the molecule is O=C(Nc1ccccc1Br)c1cc(-c2ccc(Br)cc2)n[nH]1. The Morgan fingerprint density at radius 3 is 2.50 bits per heavy atom.